The van der Waals surface area contributed by atoms with Gasteiger partial charge < -0.3 is 4.74 Å². The summed E-state index contributed by atoms with van der Waals surface area (Å²) in [4.78, 5) is 10.8. The van der Waals surface area contributed by atoms with Crippen LogP contribution in [0, 0.1) is 0 Å². The van der Waals surface area contributed by atoms with Crippen molar-refractivity contribution in [3.05, 3.63) is 54.3 Å². The Morgan fingerprint density at radius 1 is 1.50 bits per heavy atom. The van der Waals surface area contributed by atoms with Crippen LogP contribution in [0.15, 0.2) is 48.7 Å². The van der Waals surface area contributed by atoms with Crippen LogP contribution in [0.1, 0.15) is 18.6 Å². The van der Waals surface area contributed by atoms with Crippen LogP contribution in [-0.4, -0.2) is 5.97 Å². The van der Waals surface area contributed by atoms with Gasteiger partial charge in [0.1, 0.15) is 0 Å². The summed E-state index contributed by atoms with van der Waals surface area (Å²) in [6.07, 6.45) is 1.24. The topological polar surface area (TPSA) is 26.3 Å². The predicted molar refractivity (Wildman–Crippen MR) is 54.7 cm³/mol. The Bertz CT molecular complexity index is 348. The molecular formula is C12H12O2. The van der Waals surface area contributed by atoms with Gasteiger partial charge in [0.05, 0.1) is 0 Å². The summed E-state index contributed by atoms with van der Waals surface area (Å²) in [6.45, 7) is 4.84. The van der Waals surface area contributed by atoms with E-state index in [0.29, 0.717) is 0 Å². The number of hydrogen-bond acceptors (Lipinski definition) is 2. The Morgan fingerprint density at radius 2 is 2.14 bits per heavy atom. The first kappa shape index (κ1) is 10.3. The molecule has 0 saturated carbocycles. The molecule has 0 saturated heterocycles. The second-order valence-electron chi connectivity index (χ2n) is 2.81. The smallest absolute Gasteiger partial charge is 0.303 e. The molecule has 0 fully saturated rings. The lowest BCUT2D eigenvalue weighted by molar-refractivity contribution is -0.144. The quantitative estimate of drug-likeness (QED) is 0.538. The van der Waals surface area contributed by atoms with E-state index in [4.69, 9.17) is 4.74 Å². The van der Waals surface area contributed by atoms with Crippen molar-refractivity contribution >= 4 is 5.97 Å². The monoisotopic (exact) mass is 188 g/mol. The molecule has 1 unspecified atom stereocenters. The highest BCUT2D eigenvalue weighted by atomic mass is 16.5. The van der Waals surface area contributed by atoms with Crippen molar-refractivity contribution in [2.45, 2.75) is 13.0 Å². The van der Waals surface area contributed by atoms with E-state index in [1.807, 2.05) is 30.3 Å². The zero-order chi connectivity index (χ0) is 10.4. The Hall–Kier alpha value is -1.79. The standard InChI is InChI=1S/C12H12O2/c1-3-7-12(14-10(2)13)11-8-5-4-6-9-11/h4-9,12H,1H2,2H3. The fourth-order valence-electron chi connectivity index (χ4n) is 1.13. The maximum atomic E-state index is 10.8. The second kappa shape index (κ2) is 5.05. The third kappa shape index (κ3) is 2.92. The van der Waals surface area contributed by atoms with Gasteiger partial charge in [-0.1, -0.05) is 36.9 Å². The highest BCUT2D eigenvalue weighted by molar-refractivity contribution is 5.66. The van der Waals surface area contributed by atoms with Crippen LogP contribution in [0.5, 0.6) is 0 Å². The summed E-state index contributed by atoms with van der Waals surface area (Å²) in [5.41, 5.74) is 3.54. The Labute approximate surface area is 83.5 Å². The maximum absolute atomic E-state index is 10.8. The normalized spacial score (nSPS) is 11.2. The van der Waals surface area contributed by atoms with E-state index in [1.54, 1.807) is 6.08 Å². The van der Waals surface area contributed by atoms with Crippen molar-refractivity contribution in [1.82, 2.24) is 0 Å². The fraction of sp³-hybridized carbons (Fsp3) is 0.167. The number of esters is 1. The molecule has 72 valence electrons. The van der Waals surface area contributed by atoms with E-state index >= 15 is 0 Å². The summed E-state index contributed by atoms with van der Waals surface area (Å²) in [6, 6.07) is 9.47. The molecule has 0 bridgehead atoms. The molecule has 0 aliphatic rings. The van der Waals surface area contributed by atoms with E-state index < -0.39 is 0 Å². The first-order valence-corrected chi connectivity index (χ1v) is 4.32. The molecule has 14 heavy (non-hydrogen) atoms. The minimum absolute atomic E-state index is 0.314. The lowest BCUT2D eigenvalue weighted by atomic mass is 10.1. The van der Waals surface area contributed by atoms with Crippen LogP contribution in [0.4, 0.5) is 0 Å². The van der Waals surface area contributed by atoms with Crippen molar-refractivity contribution in [3.8, 4) is 0 Å². The van der Waals surface area contributed by atoms with Crippen LogP contribution in [-0.2, 0) is 9.53 Å². The van der Waals surface area contributed by atoms with Gasteiger partial charge >= 0.3 is 5.97 Å². The number of ether oxygens (including phenoxy) is 1. The fourth-order valence-corrected chi connectivity index (χ4v) is 1.13. The van der Waals surface area contributed by atoms with E-state index in [9.17, 15) is 4.79 Å². The van der Waals surface area contributed by atoms with Gasteiger partial charge in [-0.25, -0.2) is 0 Å². The lowest BCUT2D eigenvalue weighted by Gasteiger charge is -2.11. The summed E-state index contributed by atoms with van der Waals surface area (Å²) in [7, 11) is 0. The average molecular weight is 188 g/mol. The number of rotatable bonds is 3. The van der Waals surface area contributed by atoms with Crippen LogP contribution in [0.2, 0.25) is 0 Å². The van der Waals surface area contributed by atoms with Crippen LogP contribution in [0.25, 0.3) is 0 Å². The van der Waals surface area contributed by atoms with E-state index in [-0.39, 0.29) is 12.1 Å². The van der Waals surface area contributed by atoms with Gasteiger partial charge in [0.25, 0.3) is 0 Å². The molecule has 1 aromatic rings. The molecule has 1 rings (SSSR count). The summed E-state index contributed by atoms with van der Waals surface area (Å²) in [5.74, 6) is -0.314. The van der Waals surface area contributed by atoms with Crippen molar-refractivity contribution in [2.75, 3.05) is 0 Å². The molecule has 0 heterocycles. The molecule has 1 aromatic carbocycles. The van der Waals surface area contributed by atoms with Crippen LogP contribution < -0.4 is 0 Å². The predicted octanol–water partition coefficient (Wildman–Crippen LogP) is 2.63. The molecule has 0 N–H and O–H groups in total. The molecule has 0 radical (unpaired) electrons. The highest BCUT2D eigenvalue weighted by Gasteiger charge is 2.09. The lowest BCUT2D eigenvalue weighted by Crippen LogP contribution is -2.05. The van der Waals surface area contributed by atoms with Gasteiger partial charge in [-0.05, 0) is 5.56 Å². The average Bonchev–Trinajstić information content (AvgIpc) is 2.18. The molecule has 0 amide bonds. The van der Waals surface area contributed by atoms with Gasteiger partial charge in [-0.3, -0.25) is 4.79 Å². The summed E-state index contributed by atoms with van der Waals surface area (Å²) in [5, 5.41) is 0. The van der Waals surface area contributed by atoms with Crippen molar-refractivity contribution in [3.63, 3.8) is 0 Å². The van der Waals surface area contributed by atoms with E-state index in [2.05, 4.69) is 12.3 Å². The Kier molecular flexibility index (Phi) is 3.71. The molecule has 1 atom stereocenters. The minimum atomic E-state index is -0.383. The zero-order valence-electron chi connectivity index (χ0n) is 8.07. The molecule has 0 aromatic heterocycles. The minimum Gasteiger partial charge on any atom is -0.453 e. The highest BCUT2D eigenvalue weighted by Crippen LogP contribution is 2.17. The third-order valence-electron chi connectivity index (χ3n) is 1.69. The molecule has 0 spiro atoms. The number of hydrogen-bond donors (Lipinski definition) is 0. The van der Waals surface area contributed by atoms with E-state index in [0.717, 1.165) is 5.56 Å². The Morgan fingerprint density at radius 3 is 2.64 bits per heavy atom. The van der Waals surface area contributed by atoms with Crippen molar-refractivity contribution in [2.24, 2.45) is 0 Å². The molecule has 0 aliphatic heterocycles. The third-order valence-corrected chi connectivity index (χ3v) is 1.69. The van der Waals surface area contributed by atoms with Gasteiger partial charge in [-0.15, -0.1) is 5.73 Å². The molecule has 2 heteroatoms. The number of benzene rings is 1. The number of carbonyl (C=O) groups is 1. The SMILES string of the molecule is C=C=CC(OC(C)=O)c1ccccc1. The van der Waals surface area contributed by atoms with Crippen molar-refractivity contribution in [1.29, 1.82) is 0 Å². The number of carbonyl (C=O) groups excluding carboxylic acids is 1. The largest absolute Gasteiger partial charge is 0.453 e. The first-order chi connectivity index (χ1) is 6.74. The van der Waals surface area contributed by atoms with E-state index in [1.165, 1.54) is 6.92 Å². The summed E-state index contributed by atoms with van der Waals surface area (Å²) >= 11 is 0. The molecule has 0 aliphatic carbocycles. The molecule has 2 nitrogen and oxygen atoms in total. The van der Waals surface area contributed by atoms with Gasteiger partial charge in [0.2, 0.25) is 0 Å². The van der Waals surface area contributed by atoms with Gasteiger partial charge in [0.15, 0.2) is 6.10 Å². The van der Waals surface area contributed by atoms with Crippen molar-refractivity contribution < 1.29 is 9.53 Å². The van der Waals surface area contributed by atoms with Crippen LogP contribution >= 0.6 is 0 Å². The molecular weight excluding hydrogens is 176 g/mol. The van der Waals surface area contributed by atoms with Gasteiger partial charge in [-0.2, -0.15) is 0 Å². The second-order valence-corrected chi connectivity index (χ2v) is 2.81. The summed E-state index contributed by atoms with van der Waals surface area (Å²) < 4.78 is 5.08. The maximum Gasteiger partial charge on any atom is 0.303 e. The van der Waals surface area contributed by atoms with Crippen LogP contribution in [0.3, 0.4) is 0 Å². The zero-order valence-corrected chi connectivity index (χ0v) is 8.07. The Balaban J connectivity index is 2.88. The first-order valence-electron chi connectivity index (χ1n) is 4.32. The van der Waals surface area contributed by atoms with Gasteiger partial charge in [0, 0.05) is 13.0 Å².